The first-order chi connectivity index (χ1) is 15.5. The summed E-state index contributed by atoms with van der Waals surface area (Å²) in [5.41, 5.74) is 1.85. The molecule has 4 heterocycles. The predicted molar refractivity (Wildman–Crippen MR) is 105 cm³/mol. The van der Waals surface area contributed by atoms with E-state index in [9.17, 15) is 20.4 Å². The third-order valence-corrected chi connectivity index (χ3v) is 6.33. The fourth-order valence-electron chi connectivity index (χ4n) is 4.60. The molecule has 0 amide bonds. The van der Waals surface area contributed by atoms with E-state index in [1.807, 2.05) is 18.2 Å². The van der Waals surface area contributed by atoms with E-state index >= 15 is 0 Å². The first-order valence-corrected chi connectivity index (χ1v) is 10.4. The van der Waals surface area contributed by atoms with Crippen molar-refractivity contribution in [2.75, 3.05) is 20.0 Å². The molecule has 2 aromatic rings. The summed E-state index contributed by atoms with van der Waals surface area (Å²) in [6.07, 6.45) is -7.01. The largest absolute Gasteiger partial charge is 0.492 e. The van der Waals surface area contributed by atoms with E-state index in [0.29, 0.717) is 29.6 Å². The molecule has 0 unspecified atom stereocenters. The molecule has 4 aliphatic heterocycles. The second kappa shape index (κ2) is 7.39. The van der Waals surface area contributed by atoms with Crippen molar-refractivity contribution in [2.24, 2.45) is 0 Å². The molecule has 0 spiro atoms. The summed E-state index contributed by atoms with van der Waals surface area (Å²) < 4.78 is 34.2. The van der Waals surface area contributed by atoms with Gasteiger partial charge in [-0.15, -0.1) is 0 Å². The summed E-state index contributed by atoms with van der Waals surface area (Å²) in [5, 5.41) is 39.4. The topological polar surface area (TPSA) is 136 Å². The molecule has 0 saturated carbocycles. The summed E-state index contributed by atoms with van der Waals surface area (Å²) in [6.45, 7) is 0.0648. The van der Waals surface area contributed by atoms with Crippen molar-refractivity contribution in [3.8, 4) is 28.7 Å². The van der Waals surface area contributed by atoms with Gasteiger partial charge >= 0.3 is 0 Å². The van der Waals surface area contributed by atoms with Gasteiger partial charge in [-0.1, -0.05) is 0 Å². The van der Waals surface area contributed by atoms with E-state index in [2.05, 4.69) is 0 Å². The molecule has 2 aromatic carbocycles. The zero-order valence-electron chi connectivity index (χ0n) is 16.8. The van der Waals surface area contributed by atoms with Gasteiger partial charge in [0.2, 0.25) is 13.1 Å². The van der Waals surface area contributed by atoms with Crippen molar-refractivity contribution >= 4 is 0 Å². The Hall–Kier alpha value is -2.76. The van der Waals surface area contributed by atoms with Crippen molar-refractivity contribution in [3.05, 3.63) is 41.5 Å². The Kier molecular flexibility index (Phi) is 4.60. The lowest BCUT2D eigenvalue weighted by molar-refractivity contribution is -0.277. The molecule has 10 nitrogen and oxygen atoms in total. The Labute approximate surface area is 182 Å². The fraction of sp³-hybridized carbons (Fsp3) is 0.455. The van der Waals surface area contributed by atoms with E-state index in [1.54, 1.807) is 12.1 Å². The highest BCUT2D eigenvalue weighted by molar-refractivity contribution is 5.57. The molecule has 32 heavy (non-hydrogen) atoms. The highest BCUT2D eigenvalue weighted by Gasteiger charge is 2.45. The average Bonchev–Trinajstić information content (AvgIpc) is 3.41. The quantitative estimate of drug-likeness (QED) is 0.518. The second-order valence-electron chi connectivity index (χ2n) is 8.21. The van der Waals surface area contributed by atoms with Gasteiger partial charge in [0, 0.05) is 23.3 Å². The minimum absolute atomic E-state index is 0.00390. The molecule has 0 aromatic heterocycles. The molecular weight excluding hydrogens is 424 g/mol. The van der Waals surface area contributed by atoms with Crippen LogP contribution in [0, 0.1) is 0 Å². The van der Waals surface area contributed by atoms with Gasteiger partial charge in [-0.25, -0.2) is 0 Å². The molecule has 0 aliphatic carbocycles. The van der Waals surface area contributed by atoms with E-state index in [4.69, 9.17) is 28.4 Å². The molecular formula is C22H22O10. The van der Waals surface area contributed by atoms with Crippen molar-refractivity contribution in [3.63, 3.8) is 0 Å². The van der Waals surface area contributed by atoms with Gasteiger partial charge in [0.15, 0.2) is 11.5 Å². The van der Waals surface area contributed by atoms with Gasteiger partial charge in [0.05, 0.1) is 19.1 Å². The molecule has 0 bridgehead atoms. The molecule has 4 aliphatic rings. The first-order valence-electron chi connectivity index (χ1n) is 10.4. The summed E-state index contributed by atoms with van der Waals surface area (Å²) in [4.78, 5) is 0. The van der Waals surface area contributed by atoms with Crippen LogP contribution in [-0.2, 0) is 4.74 Å². The van der Waals surface area contributed by atoms with Crippen LogP contribution in [0.15, 0.2) is 30.3 Å². The highest BCUT2D eigenvalue weighted by Crippen LogP contribution is 2.54. The van der Waals surface area contributed by atoms with Crippen LogP contribution in [0.5, 0.6) is 28.7 Å². The molecule has 6 rings (SSSR count). The Balaban J connectivity index is 1.23. The fourth-order valence-corrected chi connectivity index (χ4v) is 4.60. The van der Waals surface area contributed by atoms with Crippen LogP contribution in [0.1, 0.15) is 23.1 Å². The van der Waals surface area contributed by atoms with Crippen molar-refractivity contribution in [1.82, 2.24) is 0 Å². The number of hydrogen-bond donors (Lipinski definition) is 4. The molecule has 10 heteroatoms. The maximum Gasteiger partial charge on any atom is 0.231 e. The maximum atomic E-state index is 10.2. The number of fused-ring (bicyclic) bond motifs is 6. The molecule has 170 valence electrons. The lowest BCUT2D eigenvalue weighted by atomic mass is 9.89. The molecule has 1 saturated heterocycles. The van der Waals surface area contributed by atoms with Crippen LogP contribution in [0.4, 0.5) is 0 Å². The van der Waals surface area contributed by atoms with E-state index in [0.717, 1.165) is 16.9 Å². The number of rotatable bonds is 3. The second-order valence-corrected chi connectivity index (χ2v) is 8.21. The minimum atomic E-state index is -1.51. The number of benzene rings is 2. The Morgan fingerprint density at radius 1 is 0.844 bits per heavy atom. The van der Waals surface area contributed by atoms with Gasteiger partial charge in [0.1, 0.15) is 47.8 Å². The summed E-state index contributed by atoms with van der Waals surface area (Å²) in [7, 11) is 0. The number of aliphatic hydroxyl groups excluding tert-OH is 4. The van der Waals surface area contributed by atoms with Gasteiger partial charge in [-0.05, 0) is 18.2 Å². The highest BCUT2D eigenvalue weighted by atomic mass is 16.7. The lowest BCUT2D eigenvalue weighted by Crippen LogP contribution is -2.60. The van der Waals surface area contributed by atoms with Crippen LogP contribution in [0.3, 0.4) is 0 Å². The van der Waals surface area contributed by atoms with Crippen molar-refractivity contribution in [1.29, 1.82) is 0 Å². The number of hydrogen-bond acceptors (Lipinski definition) is 10. The lowest BCUT2D eigenvalue weighted by Gasteiger charge is -2.39. The SMILES string of the molecule is OC[C@H]1O[C@@H](Oc2ccc3c(c2)OC[C@@H]2c4cc5c(cc4O[C@H]32)OCO5)[C@H](O)[C@@H](O)[C@@H]1O. The van der Waals surface area contributed by atoms with Crippen molar-refractivity contribution in [2.45, 2.75) is 42.7 Å². The molecule has 4 N–H and O–H groups in total. The molecule has 7 atom stereocenters. The summed E-state index contributed by atoms with van der Waals surface area (Å²) in [5.74, 6) is 3.00. The normalized spacial score (nSPS) is 34.1. The van der Waals surface area contributed by atoms with Crippen LogP contribution >= 0.6 is 0 Å². The van der Waals surface area contributed by atoms with Crippen molar-refractivity contribution < 1.29 is 48.8 Å². The third-order valence-electron chi connectivity index (χ3n) is 6.33. The van der Waals surface area contributed by atoms with Crippen LogP contribution in [0.2, 0.25) is 0 Å². The van der Waals surface area contributed by atoms with E-state index in [-0.39, 0.29) is 18.8 Å². The van der Waals surface area contributed by atoms with E-state index in [1.165, 1.54) is 0 Å². The standard InChI is InChI=1S/C22H22O10/c23-6-17-18(24)19(25)20(26)22(32-17)30-9-1-2-10-13(3-9)27-7-12-11-4-15-16(29-8-28-15)5-14(11)31-21(10)12/h1-5,12,17-26H,6-8H2/t12-,17-,18-,19+,20-,21-,22-/m1/s1. The van der Waals surface area contributed by atoms with Gasteiger partial charge in [-0.3, -0.25) is 0 Å². The number of aliphatic hydroxyl groups is 4. The Morgan fingerprint density at radius 3 is 2.47 bits per heavy atom. The van der Waals surface area contributed by atoms with Crippen LogP contribution in [-0.4, -0.2) is 71.1 Å². The average molecular weight is 446 g/mol. The third kappa shape index (κ3) is 2.99. The Bertz CT molecular complexity index is 1040. The Morgan fingerprint density at radius 2 is 1.66 bits per heavy atom. The monoisotopic (exact) mass is 446 g/mol. The van der Waals surface area contributed by atoms with Gasteiger partial charge < -0.3 is 48.8 Å². The number of ether oxygens (including phenoxy) is 6. The van der Waals surface area contributed by atoms with Gasteiger partial charge in [-0.2, -0.15) is 0 Å². The minimum Gasteiger partial charge on any atom is -0.492 e. The predicted octanol–water partition coefficient (Wildman–Crippen LogP) is 0.204. The molecule has 1 fully saturated rings. The maximum absolute atomic E-state index is 10.2. The first kappa shape index (κ1) is 19.9. The zero-order chi connectivity index (χ0) is 22.0. The molecule has 0 radical (unpaired) electrons. The summed E-state index contributed by atoms with van der Waals surface area (Å²) in [6, 6.07) is 8.94. The smallest absolute Gasteiger partial charge is 0.231 e. The van der Waals surface area contributed by atoms with Gasteiger partial charge in [0.25, 0.3) is 0 Å². The van der Waals surface area contributed by atoms with E-state index < -0.39 is 37.3 Å². The van der Waals surface area contributed by atoms with Crippen LogP contribution < -0.4 is 23.7 Å². The summed E-state index contributed by atoms with van der Waals surface area (Å²) >= 11 is 0. The zero-order valence-corrected chi connectivity index (χ0v) is 16.8. The van der Waals surface area contributed by atoms with Crippen LogP contribution in [0.25, 0.3) is 0 Å².